The zero-order valence-electron chi connectivity index (χ0n) is 11.3. The first-order chi connectivity index (χ1) is 7.99. The molecule has 0 bridgehead atoms. The van der Waals surface area contributed by atoms with Crippen molar-refractivity contribution in [3.63, 3.8) is 0 Å². The molecule has 0 spiro atoms. The van der Waals surface area contributed by atoms with Crippen molar-refractivity contribution in [2.24, 2.45) is 11.8 Å². The van der Waals surface area contributed by atoms with Gasteiger partial charge in [-0.3, -0.25) is 4.79 Å². The Labute approximate surface area is 104 Å². The van der Waals surface area contributed by atoms with Crippen molar-refractivity contribution in [2.75, 3.05) is 26.7 Å². The smallest absolute Gasteiger partial charge is 0.320 e. The van der Waals surface area contributed by atoms with Gasteiger partial charge in [0.25, 0.3) is 0 Å². The van der Waals surface area contributed by atoms with Gasteiger partial charge in [-0.05, 0) is 57.8 Å². The number of hydrogen-bond acceptors (Lipinski definition) is 3. The number of rotatable bonds is 6. The van der Waals surface area contributed by atoms with Gasteiger partial charge in [0, 0.05) is 0 Å². The molecule has 0 aromatic rings. The van der Waals surface area contributed by atoms with E-state index in [1.807, 2.05) is 0 Å². The second-order valence-corrected chi connectivity index (χ2v) is 5.68. The van der Waals surface area contributed by atoms with Gasteiger partial charge in [-0.1, -0.05) is 13.8 Å². The SMILES string of the molecule is CC(C)CC(NCC1CCN(C)CC1)C(=O)O. The summed E-state index contributed by atoms with van der Waals surface area (Å²) in [6.45, 7) is 7.24. The molecular formula is C13H26N2O2. The quantitative estimate of drug-likeness (QED) is 0.739. The van der Waals surface area contributed by atoms with Crippen LogP contribution in [0.15, 0.2) is 0 Å². The van der Waals surface area contributed by atoms with E-state index in [1.165, 1.54) is 12.8 Å². The Hall–Kier alpha value is -0.610. The molecule has 2 N–H and O–H groups in total. The highest BCUT2D eigenvalue weighted by Gasteiger charge is 2.21. The molecule has 4 heteroatoms. The van der Waals surface area contributed by atoms with Crippen LogP contribution < -0.4 is 5.32 Å². The van der Waals surface area contributed by atoms with Gasteiger partial charge in [-0.15, -0.1) is 0 Å². The zero-order chi connectivity index (χ0) is 12.8. The lowest BCUT2D eigenvalue weighted by Gasteiger charge is -2.30. The van der Waals surface area contributed by atoms with Crippen molar-refractivity contribution in [2.45, 2.75) is 39.2 Å². The molecular weight excluding hydrogens is 216 g/mol. The van der Waals surface area contributed by atoms with E-state index in [9.17, 15) is 4.79 Å². The van der Waals surface area contributed by atoms with E-state index in [2.05, 4.69) is 31.1 Å². The summed E-state index contributed by atoms with van der Waals surface area (Å²) in [6, 6.07) is -0.380. The number of hydrogen-bond donors (Lipinski definition) is 2. The normalized spacial score (nSPS) is 20.7. The third-order valence-corrected chi connectivity index (χ3v) is 3.50. The highest BCUT2D eigenvalue weighted by molar-refractivity contribution is 5.73. The maximum atomic E-state index is 11.1. The minimum atomic E-state index is -0.716. The van der Waals surface area contributed by atoms with Crippen molar-refractivity contribution in [3.8, 4) is 0 Å². The Bertz CT molecular complexity index is 236. The number of nitrogens with zero attached hydrogens (tertiary/aromatic N) is 1. The fourth-order valence-corrected chi connectivity index (χ4v) is 2.32. The number of carboxylic acids is 1. The summed E-state index contributed by atoms with van der Waals surface area (Å²) in [5.41, 5.74) is 0. The second-order valence-electron chi connectivity index (χ2n) is 5.68. The summed E-state index contributed by atoms with van der Waals surface area (Å²) in [5, 5.41) is 12.3. The molecule has 0 aliphatic carbocycles. The van der Waals surface area contributed by atoms with Crippen LogP contribution in [0.3, 0.4) is 0 Å². The maximum Gasteiger partial charge on any atom is 0.320 e. The van der Waals surface area contributed by atoms with E-state index < -0.39 is 5.97 Å². The number of likely N-dealkylation sites (tertiary alicyclic amines) is 1. The fraction of sp³-hybridized carbons (Fsp3) is 0.923. The van der Waals surface area contributed by atoms with Crippen LogP contribution in [0.4, 0.5) is 0 Å². The van der Waals surface area contributed by atoms with E-state index >= 15 is 0 Å². The van der Waals surface area contributed by atoms with Gasteiger partial charge in [0.05, 0.1) is 0 Å². The predicted molar refractivity (Wildman–Crippen MR) is 69.1 cm³/mol. The van der Waals surface area contributed by atoms with Crippen LogP contribution >= 0.6 is 0 Å². The summed E-state index contributed by atoms with van der Waals surface area (Å²) >= 11 is 0. The van der Waals surface area contributed by atoms with Crippen molar-refractivity contribution in [3.05, 3.63) is 0 Å². The Kier molecular flexibility index (Phi) is 5.92. The number of piperidine rings is 1. The molecule has 1 unspecified atom stereocenters. The summed E-state index contributed by atoms with van der Waals surface area (Å²) in [6.07, 6.45) is 3.07. The Morgan fingerprint density at radius 3 is 2.47 bits per heavy atom. The van der Waals surface area contributed by atoms with E-state index in [0.717, 1.165) is 19.6 Å². The third-order valence-electron chi connectivity index (χ3n) is 3.50. The Morgan fingerprint density at radius 1 is 1.41 bits per heavy atom. The van der Waals surface area contributed by atoms with Crippen molar-refractivity contribution in [1.29, 1.82) is 0 Å². The second kappa shape index (κ2) is 6.97. The summed E-state index contributed by atoms with van der Waals surface area (Å²) in [5.74, 6) is 0.341. The van der Waals surface area contributed by atoms with E-state index in [0.29, 0.717) is 18.3 Å². The monoisotopic (exact) mass is 242 g/mol. The van der Waals surface area contributed by atoms with E-state index in [-0.39, 0.29) is 6.04 Å². The van der Waals surface area contributed by atoms with Crippen molar-refractivity contribution >= 4 is 5.97 Å². The van der Waals surface area contributed by atoms with Gasteiger partial charge in [-0.25, -0.2) is 0 Å². The van der Waals surface area contributed by atoms with Crippen LogP contribution in [-0.4, -0.2) is 48.7 Å². The summed E-state index contributed by atoms with van der Waals surface area (Å²) < 4.78 is 0. The first-order valence-electron chi connectivity index (χ1n) is 6.63. The van der Waals surface area contributed by atoms with Crippen LogP contribution in [0.5, 0.6) is 0 Å². The van der Waals surface area contributed by atoms with Crippen molar-refractivity contribution < 1.29 is 9.90 Å². The topological polar surface area (TPSA) is 52.6 Å². The van der Waals surface area contributed by atoms with Gasteiger partial charge in [0.2, 0.25) is 0 Å². The molecule has 0 amide bonds. The summed E-state index contributed by atoms with van der Waals surface area (Å²) in [7, 11) is 2.14. The molecule has 17 heavy (non-hydrogen) atoms. The molecule has 1 aliphatic rings. The molecule has 0 aromatic heterocycles. The molecule has 1 rings (SSSR count). The average molecular weight is 242 g/mol. The Balaban J connectivity index is 2.29. The van der Waals surface area contributed by atoms with Crippen LogP contribution in [0.1, 0.15) is 33.1 Å². The standard InChI is InChI=1S/C13H26N2O2/c1-10(2)8-12(13(16)17)14-9-11-4-6-15(3)7-5-11/h10-12,14H,4-9H2,1-3H3,(H,16,17). The van der Waals surface area contributed by atoms with Gasteiger partial charge in [0.15, 0.2) is 0 Å². The first-order valence-corrected chi connectivity index (χ1v) is 6.63. The highest BCUT2D eigenvalue weighted by Crippen LogP contribution is 2.15. The minimum absolute atomic E-state index is 0.380. The fourth-order valence-electron chi connectivity index (χ4n) is 2.32. The molecule has 4 nitrogen and oxygen atoms in total. The van der Waals surface area contributed by atoms with Gasteiger partial charge < -0.3 is 15.3 Å². The molecule has 1 heterocycles. The minimum Gasteiger partial charge on any atom is -0.480 e. The van der Waals surface area contributed by atoms with Crippen LogP contribution in [0.25, 0.3) is 0 Å². The first kappa shape index (κ1) is 14.5. The van der Waals surface area contributed by atoms with Crippen LogP contribution in [-0.2, 0) is 4.79 Å². The summed E-state index contributed by atoms with van der Waals surface area (Å²) in [4.78, 5) is 13.4. The highest BCUT2D eigenvalue weighted by atomic mass is 16.4. The average Bonchev–Trinajstić information content (AvgIpc) is 2.25. The molecule has 1 saturated heterocycles. The van der Waals surface area contributed by atoms with Gasteiger partial charge in [0.1, 0.15) is 6.04 Å². The lowest BCUT2D eigenvalue weighted by atomic mass is 9.96. The lowest BCUT2D eigenvalue weighted by Crippen LogP contribution is -2.42. The van der Waals surface area contributed by atoms with Crippen LogP contribution in [0.2, 0.25) is 0 Å². The number of nitrogens with one attached hydrogen (secondary N) is 1. The third kappa shape index (κ3) is 5.50. The molecule has 1 fully saturated rings. The molecule has 100 valence electrons. The maximum absolute atomic E-state index is 11.1. The molecule has 1 atom stereocenters. The lowest BCUT2D eigenvalue weighted by molar-refractivity contribution is -0.140. The zero-order valence-corrected chi connectivity index (χ0v) is 11.3. The number of carbonyl (C=O) groups is 1. The molecule has 0 aromatic carbocycles. The van der Waals surface area contributed by atoms with E-state index in [1.54, 1.807) is 0 Å². The predicted octanol–water partition coefficient (Wildman–Crippen LogP) is 1.42. The van der Waals surface area contributed by atoms with Crippen LogP contribution in [0, 0.1) is 11.8 Å². The van der Waals surface area contributed by atoms with E-state index in [4.69, 9.17) is 5.11 Å². The molecule has 0 radical (unpaired) electrons. The Morgan fingerprint density at radius 2 is 2.00 bits per heavy atom. The number of carboxylic acid groups (broad SMARTS) is 1. The number of aliphatic carboxylic acids is 1. The van der Waals surface area contributed by atoms with Gasteiger partial charge >= 0.3 is 5.97 Å². The molecule has 0 saturated carbocycles. The molecule has 1 aliphatic heterocycles. The van der Waals surface area contributed by atoms with Gasteiger partial charge in [-0.2, -0.15) is 0 Å². The largest absolute Gasteiger partial charge is 0.480 e. The van der Waals surface area contributed by atoms with Crippen molar-refractivity contribution in [1.82, 2.24) is 10.2 Å².